The van der Waals surface area contributed by atoms with E-state index in [1.54, 1.807) is 0 Å². The van der Waals surface area contributed by atoms with Crippen molar-refractivity contribution in [1.82, 2.24) is 0 Å². The maximum Gasteiger partial charge on any atom is 0.309 e. The van der Waals surface area contributed by atoms with E-state index in [0.29, 0.717) is 12.3 Å². The number of hydrogen-bond acceptors (Lipinski definition) is 4. The van der Waals surface area contributed by atoms with Crippen LogP contribution in [0.1, 0.15) is 78.6 Å². The van der Waals surface area contributed by atoms with Crippen molar-refractivity contribution >= 4 is 11.9 Å². The highest BCUT2D eigenvalue weighted by molar-refractivity contribution is 5.75. The van der Waals surface area contributed by atoms with Crippen LogP contribution < -0.4 is 0 Å². The number of rotatable bonds is 3. The largest absolute Gasteiger partial charge is 0.481 e. The van der Waals surface area contributed by atoms with E-state index in [1.807, 2.05) is 6.92 Å². The Morgan fingerprint density at radius 1 is 1.07 bits per heavy atom. The molecule has 5 nitrogen and oxygen atoms in total. The van der Waals surface area contributed by atoms with Crippen molar-refractivity contribution in [3.05, 3.63) is 0 Å². The van der Waals surface area contributed by atoms with Crippen molar-refractivity contribution in [3.63, 3.8) is 0 Å². The average Bonchev–Trinajstić information content (AvgIpc) is 2.79. The third-order valence-electron chi connectivity index (χ3n) is 9.33. The molecule has 2 N–H and O–H groups in total. The van der Waals surface area contributed by atoms with Crippen LogP contribution in [0.3, 0.4) is 0 Å². The number of carbonyl (C=O) groups is 2. The summed E-state index contributed by atoms with van der Waals surface area (Å²) in [5.74, 6) is -0.0986. The van der Waals surface area contributed by atoms with E-state index in [4.69, 9.17) is 4.74 Å². The van der Waals surface area contributed by atoms with Crippen molar-refractivity contribution < 1.29 is 24.5 Å². The first kappa shape index (κ1) is 19.2. The Balaban J connectivity index is 1.65. The standard InChI is InChI=1S/C22H34O5/c1-14(23)27-13-22(26)12-21-10-7-16-19(2,17(21)6-5-15(22)11-21)8-4-9-20(16,3)18(24)25/h15-17,26H,4-13H2,1-3H3,(H,24,25)/t15-,16+,17+,19-,20-,21+,22-/m1/s1. The van der Waals surface area contributed by atoms with Gasteiger partial charge in [-0.25, -0.2) is 0 Å². The fourth-order valence-electron chi connectivity index (χ4n) is 8.27. The number of carbonyl (C=O) groups excluding carboxylic acids is 1. The molecule has 7 atom stereocenters. The minimum atomic E-state index is -0.908. The zero-order valence-corrected chi connectivity index (χ0v) is 16.9. The van der Waals surface area contributed by atoms with Gasteiger partial charge >= 0.3 is 11.9 Å². The van der Waals surface area contributed by atoms with Gasteiger partial charge in [0.15, 0.2) is 0 Å². The van der Waals surface area contributed by atoms with Crippen LogP contribution in [0, 0.1) is 34.0 Å². The summed E-state index contributed by atoms with van der Waals surface area (Å²) in [5, 5.41) is 21.3. The van der Waals surface area contributed by atoms with Gasteiger partial charge in [-0.05, 0) is 86.9 Å². The van der Waals surface area contributed by atoms with E-state index in [2.05, 4.69) is 6.92 Å². The molecule has 2 bridgehead atoms. The van der Waals surface area contributed by atoms with E-state index in [1.165, 1.54) is 6.92 Å². The molecule has 4 fully saturated rings. The van der Waals surface area contributed by atoms with Gasteiger partial charge in [-0.2, -0.15) is 0 Å². The van der Waals surface area contributed by atoms with Gasteiger partial charge in [-0.15, -0.1) is 0 Å². The summed E-state index contributed by atoms with van der Waals surface area (Å²) >= 11 is 0. The monoisotopic (exact) mass is 378 g/mol. The first-order chi connectivity index (χ1) is 12.6. The van der Waals surface area contributed by atoms with Crippen molar-refractivity contribution in [1.29, 1.82) is 0 Å². The summed E-state index contributed by atoms with van der Waals surface area (Å²) in [4.78, 5) is 23.5. The zero-order chi connectivity index (χ0) is 19.7. The molecule has 4 aliphatic carbocycles. The van der Waals surface area contributed by atoms with E-state index in [9.17, 15) is 19.8 Å². The lowest BCUT2D eigenvalue weighted by molar-refractivity contribution is -0.181. The lowest BCUT2D eigenvalue weighted by Gasteiger charge is -2.63. The zero-order valence-electron chi connectivity index (χ0n) is 16.9. The number of fused-ring (bicyclic) bond motifs is 3. The van der Waals surface area contributed by atoms with Gasteiger partial charge < -0.3 is 14.9 Å². The molecule has 0 heterocycles. The highest BCUT2D eigenvalue weighted by atomic mass is 16.5. The second-order valence-corrected chi connectivity index (χ2v) is 10.6. The van der Waals surface area contributed by atoms with E-state index in [-0.39, 0.29) is 35.2 Å². The molecule has 4 aliphatic rings. The number of hydrogen-bond donors (Lipinski definition) is 2. The highest BCUT2D eigenvalue weighted by Crippen LogP contribution is 2.72. The number of aliphatic carboxylic acids is 1. The van der Waals surface area contributed by atoms with Crippen molar-refractivity contribution in [2.24, 2.45) is 34.0 Å². The number of carboxylic acid groups (broad SMARTS) is 1. The molecule has 4 rings (SSSR count). The predicted molar refractivity (Wildman–Crippen MR) is 99.9 cm³/mol. The fraction of sp³-hybridized carbons (Fsp3) is 0.909. The molecule has 0 radical (unpaired) electrons. The molecule has 5 heteroatoms. The van der Waals surface area contributed by atoms with E-state index >= 15 is 0 Å². The summed E-state index contributed by atoms with van der Waals surface area (Å²) in [6.07, 6.45) is 8.51. The average molecular weight is 379 g/mol. The minimum Gasteiger partial charge on any atom is -0.481 e. The molecule has 0 amide bonds. The molecular weight excluding hydrogens is 344 g/mol. The Labute approximate surface area is 161 Å². The van der Waals surface area contributed by atoms with Gasteiger partial charge in [0.1, 0.15) is 12.2 Å². The highest BCUT2D eigenvalue weighted by Gasteiger charge is 2.68. The van der Waals surface area contributed by atoms with Crippen LogP contribution in [0.4, 0.5) is 0 Å². The van der Waals surface area contributed by atoms with Crippen LogP contribution >= 0.6 is 0 Å². The minimum absolute atomic E-state index is 0.0291. The van der Waals surface area contributed by atoms with Crippen molar-refractivity contribution in [2.75, 3.05) is 6.61 Å². The van der Waals surface area contributed by atoms with Gasteiger partial charge in [0, 0.05) is 6.92 Å². The Morgan fingerprint density at radius 3 is 2.48 bits per heavy atom. The van der Waals surface area contributed by atoms with E-state index < -0.39 is 17.0 Å². The Hall–Kier alpha value is -1.10. The molecule has 0 unspecified atom stereocenters. The Bertz CT molecular complexity index is 661. The molecule has 0 aromatic heterocycles. The Morgan fingerprint density at radius 2 is 1.81 bits per heavy atom. The van der Waals surface area contributed by atoms with Crippen LogP contribution in [0.25, 0.3) is 0 Å². The maximum atomic E-state index is 12.2. The van der Waals surface area contributed by atoms with Crippen LogP contribution in [-0.4, -0.2) is 34.4 Å². The molecule has 0 aromatic rings. The van der Waals surface area contributed by atoms with E-state index in [0.717, 1.165) is 51.4 Å². The van der Waals surface area contributed by atoms with Crippen LogP contribution in [0.15, 0.2) is 0 Å². The molecule has 1 spiro atoms. The molecule has 0 saturated heterocycles. The third-order valence-corrected chi connectivity index (χ3v) is 9.33. The number of carboxylic acids is 1. The molecule has 4 saturated carbocycles. The van der Waals surface area contributed by atoms with Gasteiger partial charge in [0.2, 0.25) is 0 Å². The summed E-state index contributed by atoms with van der Waals surface area (Å²) in [7, 11) is 0. The molecule has 152 valence electrons. The molecule has 0 aromatic carbocycles. The topological polar surface area (TPSA) is 83.8 Å². The summed E-state index contributed by atoms with van der Waals surface area (Å²) in [6.45, 7) is 5.81. The lowest BCUT2D eigenvalue weighted by atomic mass is 9.41. The SMILES string of the molecule is CC(=O)OC[C@]1(O)C[C@@]23CC[C@H]4[C@@](C)(CCC[C@@]4(C)C(=O)O)[C@@H]2CC[C@@H]1C3. The summed E-state index contributed by atoms with van der Waals surface area (Å²) in [5.41, 5.74) is -1.42. The molecule has 27 heavy (non-hydrogen) atoms. The van der Waals surface area contributed by atoms with Crippen molar-refractivity contribution in [3.8, 4) is 0 Å². The fourth-order valence-corrected chi connectivity index (χ4v) is 8.27. The Kier molecular flexibility index (Phi) is 4.24. The molecular formula is C22H34O5. The van der Waals surface area contributed by atoms with Crippen LogP contribution in [0.2, 0.25) is 0 Å². The van der Waals surface area contributed by atoms with Gasteiger partial charge in [-0.3, -0.25) is 9.59 Å². The summed E-state index contributed by atoms with van der Waals surface area (Å²) < 4.78 is 5.24. The van der Waals surface area contributed by atoms with Crippen molar-refractivity contribution in [2.45, 2.75) is 84.2 Å². The number of esters is 1. The third kappa shape index (κ3) is 2.60. The summed E-state index contributed by atoms with van der Waals surface area (Å²) in [6, 6.07) is 0. The maximum absolute atomic E-state index is 12.2. The van der Waals surface area contributed by atoms with Gasteiger partial charge in [0.05, 0.1) is 5.41 Å². The van der Waals surface area contributed by atoms with Gasteiger partial charge in [-0.1, -0.05) is 13.3 Å². The number of aliphatic hydroxyl groups is 1. The smallest absolute Gasteiger partial charge is 0.309 e. The van der Waals surface area contributed by atoms with Gasteiger partial charge in [0.25, 0.3) is 0 Å². The number of ether oxygens (including phenoxy) is 1. The van der Waals surface area contributed by atoms with Crippen LogP contribution in [0.5, 0.6) is 0 Å². The second-order valence-electron chi connectivity index (χ2n) is 10.6. The first-order valence-electron chi connectivity index (χ1n) is 10.6. The molecule has 0 aliphatic heterocycles. The first-order valence-corrected chi connectivity index (χ1v) is 10.6. The second kappa shape index (κ2) is 5.95. The normalized spacial score (nSPS) is 51.2. The lowest BCUT2D eigenvalue weighted by Crippen LogP contribution is -2.58. The van der Waals surface area contributed by atoms with Crippen LogP contribution in [-0.2, 0) is 14.3 Å². The quantitative estimate of drug-likeness (QED) is 0.730. The predicted octanol–water partition coefficient (Wildman–Crippen LogP) is 3.78.